The highest BCUT2D eigenvalue weighted by atomic mass is 16.6. The number of nitrogens with zero attached hydrogens (tertiary/aromatic N) is 3. The smallest absolute Gasteiger partial charge is 0.333 e. The molecule has 0 spiro atoms. The van der Waals surface area contributed by atoms with Crippen molar-refractivity contribution in [3.63, 3.8) is 0 Å². The van der Waals surface area contributed by atoms with Gasteiger partial charge in [0, 0.05) is 19.7 Å². The van der Waals surface area contributed by atoms with Crippen LogP contribution in [0.25, 0.3) is 0 Å². The average Bonchev–Trinajstić information content (AvgIpc) is 2.81. The Kier molecular flexibility index (Phi) is 5.17. The van der Waals surface area contributed by atoms with Crippen LogP contribution < -0.4 is 5.32 Å². The van der Waals surface area contributed by atoms with Gasteiger partial charge in [0.25, 0.3) is 0 Å². The van der Waals surface area contributed by atoms with Crippen LogP contribution in [0.3, 0.4) is 0 Å². The molecule has 1 heterocycles. The highest BCUT2D eigenvalue weighted by molar-refractivity contribution is 5.59. The third kappa shape index (κ3) is 3.34. The molecule has 0 aromatic carbocycles. The van der Waals surface area contributed by atoms with Crippen LogP contribution in [0.5, 0.6) is 0 Å². The summed E-state index contributed by atoms with van der Waals surface area (Å²) < 4.78 is 1.64. The van der Waals surface area contributed by atoms with Gasteiger partial charge >= 0.3 is 5.69 Å². The molecule has 0 radical (unpaired) electrons. The third-order valence-corrected chi connectivity index (χ3v) is 4.41. The molecule has 0 saturated heterocycles. The van der Waals surface area contributed by atoms with E-state index in [1.807, 2.05) is 6.92 Å². The van der Waals surface area contributed by atoms with Crippen LogP contribution in [0.15, 0.2) is 0 Å². The van der Waals surface area contributed by atoms with Crippen LogP contribution in [0.4, 0.5) is 11.5 Å². The number of nitro groups is 1. The summed E-state index contributed by atoms with van der Waals surface area (Å²) in [6.45, 7) is 5.01. The zero-order valence-electron chi connectivity index (χ0n) is 12.7. The quantitative estimate of drug-likeness (QED) is 0.620. The van der Waals surface area contributed by atoms with E-state index in [9.17, 15) is 15.2 Å². The standard InChI is InChI=1S/C14H24N4O3/c1-3-17-14(13(18(20)21)10(2)16-17)15-8-11-6-4-5-7-12(11)9-19/h11-12,15,19H,3-9H2,1-2H3. The third-order valence-electron chi connectivity index (χ3n) is 4.41. The summed E-state index contributed by atoms with van der Waals surface area (Å²) in [7, 11) is 0. The summed E-state index contributed by atoms with van der Waals surface area (Å²) in [5, 5.41) is 28.1. The highest BCUT2D eigenvalue weighted by Crippen LogP contribution is 2.32. The van der Waals surface area contributed by atoms with E-state index in [-0.39, 0.29) is 17.2 Å². The van der Waals surface area contributed by atoms with E-state index in [1.54, 1.807) is 11.6 Å². The Bertz CT molecular complexity index is 501. The van der Waals surface area contributed by atoms with Gasteiger partial charge in [-0.05, 0) is 38.5 Å². The summed E-state index contributed by atoms with van der Waals surface area (Å²) in [6.07, 6.45) is 4.42. The molecule has 2 unspecified atom stereocenters. The van der Waals surface area contributed by atoms with Crippen molar-refractivity contribution >= 4 is 11.5 Å². The predicted molar refractivity (Wildman–Crippen MR) is 80.3 cm³/mol. The molecule has 1 aromatic rings. The molecular formula is C14H24N4O3. The van der Waals surface area contributed by atoms with Gasteiger partial charge in [0.1, 0.15) is 5.69 Å². The van der Waals surface area contributed by atoms with Gasteiger partial charge in [-0.2, -0.15) is 5.10 Å². The molecule has 2 rings (SSSR count). The lowest BCUT2D eigenvalue weighted by molar-refractivity contribution is -0.384. The Labute approximate surface area is 124 Å². The second-order valence-corrected chi connectivity index (χ2v) is 5.72. The van der Waals surface area contributed by atoms with Crippen molar-refractivity contribution in [1.82, 2.24) is 9.78 Å². The van der Waals surface area contributed by atoms with Crippen LogP contribution in [0.1, 0.15) is 38.3 Å². The molecule has 0 aliphatic heterocycles. The minimum atomic E-state index is -0.374. The van der Waals surface area contributed by atoms with E-state index < -0.39 is 0 Å². The Morgan fingerprint density at radius 3 is 2.67 bits per heavy atom. The van der Waals surface area contributed by atoms with Crippen molar-refractivity contribution in [3.05, 3.63) is 15.8 Å². The van der Waals surface area contributed by atoms with Crippen LogP contribution >= 0.6 is 0 Å². The minimum absolute atomic E-state index is 0.0632. The summed E-state index contributed by atoms with van der Waals surface area (Å²) in [6, 6.07) is 0. The first-order chi connectivity index (χ1) is 10.1. The first-order valence-corrected chi connectivity index (χ1v) is 7.65. The molecule has 2 atom stereocenters. The van der Waals surface area contributed by atoms with E-state index in [1.165, 1.54) is 0 Å². The van der Waals surface area contributed by atoms with Gasteiger partial charge in [0.15, 0.2) is 0 Å². The van der Waals surface area contributed by atoms with Gasteiger partial charge < -0.3 is 10.4 Å². The van der Waals surface area contributed by atoms with E-state index in [4.69, 9.17) is 0 Å². The fourth-order valence-electron chi connectivity index (χ4n) is 3.22. The van der Waals surface area contributed by atoms with E-state index in [0.29, 0.717) is 36.4 Å². The molecule has 1 aromatic heterocycles. The summed E-state index contributed by atoms with van der Waals surface area (Å²) in [4.78, 5) is 10.8. The van der Waals surface area contributed by atoms with Crippen LogP contribution in [-0.2, 0) is 6.54 Å². The molecule has 1 saturated carbocycles. The average molecular weight is 296 g/mol. The molecule has 118 valence electrons. The van der Waals surface area contributed by atoms with Gasteiger partial charge in [0.2, 0.25) is 5.82 Å². The fraction of sp³-hybridized carbons (Fsp3) is 0.786. The number of anilines is 1. The van der Waals surface area contributed by atoms with Gasteiger partial charge in [-0.3, -0.25) is 10.1 Å². The van der Waals surface area contributed by atoms with Crippen molar-refractivity contribution in [2.45, 2.75) is 46.1 Å². The number of aryl methyl sites for hydroxylation is 2. The van der Waals surface area contributed by atoms with Crippen molar-refractivity contribution in [1.29, 1.82) is 0 Å². The monoisotopic (exact) mass is 296 g/mol. The highest BCUT2D eigenvalue weighted by Gasteiger charge is 2.28. The molecule has 21 heavy (non-hydrogen) atoms. The lowest BCUT2D eigenvalue weighted by Crippen LogP contribution is -2.29. The summed E-state index contributed by atoms with van der Waals surface area (Å²) in [5.74, 6) is 1.15. The Hall–Kier alpha value is -1.63. The van der Waals surface area contributed by atoms with Gasteiger partial charge in [-0.1, -0.05) is 12.8 Å². The number of hydrogen-bond donors (Lipinski definition) is 2. The number of rotatable bonds is 6. The molecule has 1 aliphatic carbocycles. The maximum absolute atomic E-state index is 11.2. The predicted octanol–water partition coefficient (Wildman–Crippen LogP) is 2.33. The molecule has 7 heteroatoms. The first kappa shape index (κ1) is 15.8. The topological polar surface area (TPSA) is 93.2 Å². The molecule has 0 amide bonds. The van der Waals surface area contributed by atoms with Gasteiger partial charge in [-0.25, -0.2) is 4.68 Å². The van der Waals surface area contributed by atoms with E-state index >= 15 is 0 Å². The summed E-state index contributed by atoms with van der Waals surface area (Å²) in [5.41, 5.74) is 0.500. The van der Waals surface area contributed by atoms with Crippen molar-refractivity contribution in [3.8, 4) is 0 Å². The van der Waals surface area contributed by atoms with Crippen LogP contribution in [-0.4, -0.2) is 33.0 Å². The Morgan fingerprint density at radius 1 is 1.43 bits per heavy atom. The number of aliphatic hydroxyl groups is 1. The lowest BCUT2D eigenvalue weighted by Gasteiger charge is -2.30. The number of aromatic nitrogens is 2. The normalized spacial score (nSPS) is 22.2. The van der Waals surface area contributed by atoms with Crippen molar-refractivity contribution in [2.24, 2.45) is 11.8 Å². The molecule has 1 aliphatic rings. The molecule has 0 bridgehead atoms. The Morgan fingerprint density at radius 2 is 2.10 bits per heavy atom. The SMILES string of the molecule is CCn1nc(C)c([N+](=O)[O-])c1NCC1CCCCC1CO. The van der Waals surface area contributed by atoms with Crippen LogP contribution in [0.2, 0.25) is 0 Å². The molecular weight excluding hydrogens is 272 g/mol. The largest absolute Gasteiger partial charge is 0.396 e. The summed E-state index contributed by atoms with van der Waals surface area (Å²) >= 11 is 0. The molecule has 2 N–H and O–H groups in total. The maximum atomic E-state index is 11.2. The second kappa shape index (κ2) is 6.89. The van der Waals surface area contributed by atoms with E-state index in [0.717, 1.165) is 25.7 Å². The van der Waals surface area contributed by atoms with Crippen LogP contribution in [0, 0.1) is 28.9 Å². The fourth-order valence-corrected chi connectivity index (χ4v) is 3.22. The van der Waals surface area contributed by atoms with Crippen molar-refractivity contribution < 1.29 is 10.0 Å². The second-order valence-electron chi connectivity index (χ2n) is 5.72. The molecule has 7 nitrogen and oxygen atoms in total. The minimum Gasteiger partial charge on any atom is -0.396 e. The van der Waals surface area contributed by atoms with E-state index in [2.05, 4.69) is 10.4 Å². The number of nitrogens with one attached hydrogen (secondary N) is 1. The van der Waals surface area contributed by atoms with Gasteiger partial charge in [-0.15, -0.1) is 0 Å². The molecule has 1 fully saturated rings. The zero-order valence-corrected chi connectivity index (χ0v) is 12.7. The van der Waals surface area contributed by atoms with Crippen molar-refractivity contribution in [2.75, 3.05) is 18.5 Å². The Balaban J connectivity index is 2.13. The zero-order chi connectivity index (χ0) is 15.4. The number of hydrogen-bond acceptors (Lipinski definition) is 5. The maximum Gasteiger partial charge on any atom is 0.333 e. The lowest BCUT2D eigenvalue weighted by atomic mass is 9.79. The first-order valence-electron chi connectivity index (χ1n) is 7.65. The van der Waals surface area contributed by atoms with Gasteiger partial charge in [0.05, 0.1) is 4.92 Å². The number of aliphatic hydroxyl groups excluding tert-OH is 1.